The van der Waals surface area contributed by atoms with Gasteiger partial charge in [-0.3, -0.25) is 0 Å². The predicted molar refractivity (Wildman–Crippen MR) is 30.3 cm³/mol. The van der Waals surface area contributed by atoms with Crippen molar-refractivity contribution in [2.24, 2.45) is 0 Å². The first-order valence-electron chi connectivity index (χ1n) is 2.80. The maximum absolute atomic E-state index is 11.8. The van der Waals surface area contributed by atoms with E-state index in [9.17, 15) is 18.0 Å². The normalized spacial score (nSPS) is 19.8. The lowest BCUT2D eigenvalue weighted by Gasteiger charge is -2.28. The molecule has 0 aromatic rings. The Balaban J connectivity index is 4.73. The number of hydrogen-bond acceptors (Lipinski definition) is 3. The largest absolute Gasteiger partial charge is 0.479 e. The van der Waals surface area contributed by atoms with Crippen molar-refractivity contribution < 1.29 is 33.3 Å². The van der Waals surface area contributed by atoms with E-state index < -0.39 is 23.9 Å². The van der Waals surface area contributed by atoms with Gasteiger partial charge in [0.15, 0.2) is 11.7 Å². The molecular formula is C5H7F3O4. The Morgan fingerprint density at radius 1 is 1.42 bits per heavy atom. The van der Waals surface area contributed by atoms with E-state index in [1.165, 1.54) is 0 Å². The van der Waals surface area contributed by atoms with Gasteiger partial charge in [0.25, 0.3) is 0 Å². The predicted octanol–water partition coefficient (Wildman–Crippen LogP) is -0.255. The van der Waals surface area contributed by atoms with E-state index in [1.807, 2.05) is 0 Å². The van der Waals surface area contributed by atoms with Gasteiger partial charge in [-0.2, -0.15) is 13.2 Å². The summed E-state index contributed by atoms with van der Waals surface area (Å²) >= 11 is 0. The van der Waals surface area contributed by atoms with Crippen LogP contribution in [0, 0.1) is 0 Å². The van der Waals surface area contributed by atoms with Crippen LogP contribution in [0.2, 0.25) is 0 Å². The van der Waals surface area contributed by atoms with Crippen LogP contribution in [0.5, 0.6) is 0 Å². The molecule has 0 aliphatic carbocycles. The van der Waals surface area contributed by atoms with Gasteiger partial charge < -0.3 is 15.3 Å². The molecule has 0 aromatic carbocycles. The quantitative estimate of drug-likeness (QED) is 0.558. The molecule has 0 saturated carbocycles. The van der Waals surface area contributed by atoms with Gasteiger partial charge in [-0.15, -0.1) is 0 Å². The third-order valence-corrected chi connectivity index (χ3v) is 1.34. The molecule has 0 aliphatic heterocycles. The van der Waals surface area contributed by atoms with E-state index in [4.69, 9.17) is 15.3 Å². The number of carbonyl (C=O) groups is 1. The minimum Gasteiger partial charge on any atom is -0.479 e. The van der Waals surface area contributed by atoms with Crippen molar-refractivity contribution >= 4 is 5.97 Å². The third kappa shape index (κ3) is 1.86. The van der Waals surface area contributed by atoms with Crippen LogP contribution >= 0.6 is 0 Å². The SMILES string of the molecule is C[C@@](O)([C@H](O)C(=O)O)C(F)(F)F. The van der Waals surface area contributed by atoms with Gasteiger partial charge in [0.2, 0.25) is 0 Å². The van der Waals surface area contributed by atoms with E-state index in [1.54, 1.807) is 0 Å². The lowest BCUT2D eigenvalue weighted by Crippen LogP contribution is -2.55. The van der Waals surface area contributed by atoms with Crippen molar-refractivity contribution in [1.29, 1.82) is 0 Å². The van der Waals surface area contributed by atoms with E-state index in [0.29, 0.717) is 0 Å². The molecule has 2 atom stereocenters. The monoisotopic (exact) mass is 188 g/mol. The average molecular weight is 188 g/mol. The number of aliphatic carboxylic acids is 1. The van der Waals surface area contributed by atoms with Crippen molar-refractivity contribution in [2.45, 2.75) is 24.8 Å². The summed E-state index contributed by atoms with van der Waals surface area (Å²) in [7, 11) is 0. The fourth-order valence-electron chi connectivity index (χ4n) is 0.395. The Morgan fingerprint density at radius 2 is 1.75 bits per heavy atom. The van der Waals surface area contributed by atoms with Crippen LogP contribution in [0.25, 0.3) is 0 Å². The smallest absolute Gasteiger partial charge is 0.420 e. The molecule has 3 N–H and O–H groups in total. The summed E-state index contributed by atoms with van der Waals surface area (Å²) in [6.45, 7) is 0.186. The van der Waals surface area contributed by atoms with Crippen molar-refractivity contribution in [1.82, 2.24) is 0 Å². The topological polar surface area (TPSA) is 77.8 Å². The summed E-state index contributed by atoms with van der Waals surface area (Å²) in [5.74, 6) is -2.13. The van der Waals surface area contributed by atoms with Crippen molar-refractivity contribution in [3.8, 4) is 0 Å². The third-order valence-electron chi connectivity index (χ3n) is 1.34. The second-order valence-corrected chi connectivity index (χ2v) is 2.39. The number of alkyl halides is 3. The molecule has 4 nitrogen and oxygen atoms in total. The van der Waals surface area contributed by atoms with Crippen molar-refractivity contribution in [2.75, 3.05) is 0 Å². The second kappa shape index (κ2) is 2.91. The molecule has 0 rings (SSSR count). The molecule has 0 fully saturated rings. The maximum atomic E-state index is 11.8. The summed E-state index contributed by atoms with van der Waals surface area (Å²) in [6, 6.07) is 0. The zero-order valence-corrected chi connectivity index (χ0v) is 5.96. The zero-order valence-electron chi connectivity index (χ0n) is 5.96. The maximum Gasteiger partial charge on any atom is 0.420 e. The highest BCUT2D eigenvalue weighted by molar-refractivity contribution is 5.73. The van der Waals surface area contributed by atoms with Crippen molar-refractivity contribution in [3.63, 3.8) is 0 Å². The lowest BCUT2D eigenvalue weighted by molar-refractivity contribution is -0.281. The first-order chi connectivity index (χ1) is 5.10. The van der Waals surface area contributed by atoms with Crippen LogP contribution in [-0.2, 0) is 4.79 Å². The van der Waals surface area contributed by atoms with Crippen LogP contribution in [0.4, 0.5) is 13.2 Å². The fraction of sp³-hybridized carbons (Fsp3) is 0.800. The summed E-state index contributed by atoms with van der Waals surface area (Å²) in [6.07, 6.45) is -8.05. The molecule has 12 heavy (non-hydrogen) atoms. The lowest BCUT2D eigenvalue weighted by atomic mass is 9.99. The summed E-state index contributed by atoms with van der Waals surface area (Å²) in [4.78, 5) is 9.88. The summed E-state index contributed by atoms with van der Waals surface area (Å²) in [5, 5.41) is 24.9. The Hall–Kier alpha value is -0.820. The van der Waals surface area contributed by atoms with Gasteiger partial charge in [0.05, 0.1) is 0 Å². The van der Waals surface area contributed by atoms with E-state index in [2.05, 4.69) is 0 Å². The Bertz CT molecular complexity index is 186. The summed E-state index contributed by atoms with van der Waals surface area (Å²) < 4.78 is 35.3. The van der Waals surface area contributed by atoms with Crippen LogP contribution in [0.3, 0.4) is 0 Å². The van der Waals surface area contributed by atoms with Crippen LogP contribution < -0.4 is 0 Å². The number of aliphatic hydroxyl groups is 2. The van der Waals surface area contributed by atoms with Gasteiger partial charge in [-0.25, -0.2) is 4.79 Å². The molecule has 0 radical (unpaired) electrons. The van der Waals surface area contributed by atoms with Gasteiger partial charge in [-0.1, -0.05) is 0 Å². The standard InChI is InChI=1S/C5H7F3O4/c1-4(12,5(6,7)8)2(9)3(10)11/h2,9,12H,1H3,(H,10,11)/t2-,4-/m1/s1. The molecule has 0 aliphatic rings. The van der Waals surface area contributed by atoms with Crippen LogP contribution in [-0.4, -0.2) is 39.2 Å². The highest BCUT2D eigenvalue weighted by Crippen LogP contribution is 2.32. The van der Waals surface area contributed by atoms with Crippen LogP contribution in [0.15, 0.2) is 0 Å². The van der Waals surface area contributed by atoms with E-state index in [-0.39, 0.29) is 6.92 Å². The fourth-order valence-corrected chi connectivity index (χ4v) is 0.395. The van der Waals surface area contributed by atoms with Gasteiger partial charge >= 0.3 is 12.1 Å². The highest BCUT2D eigenvalue weighted by atomic mass is 19.4. The molecule has 0 saturated heterocycles. The number of halogens is 3. The Labute approximate surface area is 65.2 Å². The van der Waals surface area contributed by atoms with Crippen molar-refractivity contribution in [3.05, 3.63) is 0 Å². The molecule has 7 heteroatoms. The summed E-state index contributed by atoms with van der Waals surface area (Å²) in [5.41, 5.74) is -3.63. The number of hydrogen-bond donors (Lipinski definition) is 3. The van der Waals surface area contributed by atoms with E-state index >= 15 is 0 Å². The molecule has 0 heterocycles. The molecule has 0 spiro atoms. The minimum absolute atomic E-state index is 0.186. The highest BCUT2D eigenvalue weighted by Gasteiger charge is 2.57. The molecule has 72 valence electrons. The molecule has 0 unspecified atom stereocenters. The van der Waals surface area contributed by atoms with Gasteiger partial charge in [0.1, 0.15) is 0 Å². The Kier molecular flexibility index (Phi) is 2.71. The number of rotatable bonds is 2. The molecule has 0 amide bonds. The Morgan fingerprint density at radius 3 is 1.83 bits per heavy atom. The molecule has 0 bridgehead atoms. The van der Waals surface area contributed by atoms with Crippen LogP contribution in [0.1, 0.15) is 6.92 Å². The average Bonchev–Trinajstić information content (AvgIpc) is 1.83. The molecule has 0 aromatic heterocycles. The zero-order chi connectivity index (χ0) is 10.2. The second-order valence-electron chi connectivity index (χ2n) is 2.39. The number of carboxylic acids is 1. The van der Waals surface area contributed by atoms with E-state index in [0.717, 1.165) is 0 Å². The first-order valence-corrected chi connectivity index (χ1v) is 2.80. The number of aliphatic hydroxyl groups excluding tert-OH is 1. The molecular weight excluding hydrogens is 181 g/mol. The first kappa shape index (κ1) is 11.2. The van der Waals surface area contributed by atoms with Gasteiger partial charge in [-0.05, 0) is 6.92 Å². The number of carboxylic acid groups (broad SMARTS) is 1. The van der Waals surface area contributed by atoms with Gasteiger partial charge in [0, 0.05) is 0 Å². The minimum atomic E-state index is -5.18.